The van der Waals surface area contributed by atoms with Gasteiger partial charge in [0.1, 0.15) is 4.32 Å². The van der Waals surface area contributed by atoms with E-state index in [1.807, 2.05) is 24.3 Å². The average Bonchev–Trinajstić information content (AvgIpc) is 3.04. The Labute approximate surface area is 149 Å². The summed E-state index contributed by atoms with van der Waals surface area (Å²) in [6.45, 7) is 0. The quantitative estimate of drug-likeness (QED) is 0.586. The highest BCUT2D eigenvalue weighted by atomic mass is 79.9. The SMILES string of the molecule is O=C1NC(=S)S/C1=C\N1N=C(c2ccc(Br)cc2)CC1C(=O)O. The van der Waals surface area contributed by atoms with Gasteiger partial charge in [-0.25, -0.2) is 4.79 Å². The Kier molecular flexibility index (Phi) is 4.51. The largest absolute Gasteiger partial charge is 0.480 e. The van der Waals surface area contributed by atoms with Crippen LogP contribution in [0.5, 0.6) is 0 Å². The molecule has 23 heavy (non-hydrogen) atoms. The van der Waals surface area contributed by atoms with E-state index in [0.717, 1.165) is 21.8 Å². The maximum atomic E-state index is 11.7. The Morgan fingerprint density at radius 3 is 2.74 bits per heavy atom. The molecular weight excluding hydrogens is 402 g/mol. The molecule has 6 nitrogen and oxygen atoms in total. The molecule has 1 fully saturated rings. The lowest BCUT2D eigenvalue weighted by molar-refractivity contribution is -0.141. The number of carbonyl (C=O) groups excluding carboxylic acids is 1. The molecular formula is C14H10BrN3O3S2. The van der Waals surface area contributed by atoms with Crippen LogP contribution in [0.2, 0.25) is 0 Å². The molecule has 0 radical (unpaired) electrons. The first-order valence-corrected chi connectivity index (χ1v) is 8.55. The number of aliphatic carboxylic acids is 1. The van der Waals surface area contributed by atoms with Gasteiger partial charge in [0.05, 0.1) is 10.6 Å². The average molecular weight is 412 g/mol. The number of carboxylic acids is 1. The predicted molar refractivity (Wildman–Crippen MR) is 95.0 cm³/mol. The molecule has 0 aromatic heterocycles. The summed E-state index contributed by atoms with van der Waals surface area (Å²) in [7, 11) is 0. The molecule has 1 aromatic rings. The number of nitrogens with one attached hydrogen (secondary N) is 1. The zero-order valence-electron chi connectivity index (χ0n) is 11.5. The van der Waals surface area contributed by atoms with Crippen LogP contribution in [0.15, 0.2) is 44.9 Å². The zero-order valence-corrected chi connectivity index (χ0v) is 14.7. The number of thiocarbonyl (C=S) groups is 1. The van der Waals surface area contributed by atoms with Gasteiger partial charge in [-0.05, 0) is 17.7 Å². The maximum absolute atomic E-state index is 11.7. The lowest BCUT2D eigenvalue weighted by Crippen LogP contribution is -2.31. The van der Waals surface area contributed by atoms with Gasteiger partial charge in [-0.15, -0.1) is 0 Å². The molecule has 2 heterocycles. The molecule has 2 aliphatic rings. The summed E-state index contributed by atoms with van der Waals surface area (Å²) in [6.07, 6.45) is 1.70. The van der Waals surface area contributed by atoms with E-state index in [0.29, 0.717) is 14.9 Å². The van der Waals surface area contributed by atoms with Gasteiger partial charge in [-0.2, -0.15) is 5.10 Å². The van der Waals surface area contributed by atoms with Crippen LogP contribution in [-0.4, -0.2) is 38.1 Å². The highest BCUT2D eigenvalue weighted by Crippen LogP contribution is 2.28. The van der Waals surface area contributed by atoms with Gasteiger partial charge in [0.2, 0.25) is 0 Å². The molecule has 1 atom stereocenters. The minimum atomic E-state index is -0.997. The lowest BCUT2D eigenvalue weighted by Gasteiger charge is -2.15. The van der Waals surface area contributed by atoms with Crippen LogP contribution < -0.4 is 5.32 Å². The summed E-state index contributed by atoms with van der Waals surface area (Å²) < 4.78 is 1.28. The Hall–Kier alpha value is -1.71. The second kappa shape index (κ2) is 6.42. The number of benzene rings is 1. The number of amides is 1. The molecule has 118 valence electrons. The van der Waals surface area contributed by atoms with Crippen molar-refractivity contribution in [1.29, 1.82) is 0 Å². The van der Waals surface area contributed by atoms with E-state index in [4.69, 9.17) is 12.2 Å². The fourth-order valence-corrected chi connectivity index (χ4v) is 3.47. The van der Waals surface area contributed by atoms with E-state index in [9.17, 15) is 14.7 Å². The highest BCUT2D eigenvalue weighted by molar-refractivity contribution is 9.10. The van der Waals surface area contributed by atoms with E-state index >= 15 is 0 Å². The van der Waals surface area contributed by atoms with E-state index in [2.05, 4.69) is 26.3 Å². The van der Waals surface area contributed by atoms with Crippen LogP contribution in [0.4, 0.5) is 0 Å². The maximum Gasteiger partial charge on any atom is 0.328 e. The summed E-state index contributed by atoms with van der Waals surface area (Å²) in [5, 5.41) is 17.6. The van der Waals surface area contributed by atoms with Gasteiger partial charge >= 0.3 is 5.97 Å². The summed E-state index contributed by atoms with van der Waals surface area (Å²) >= 11 is 9.38. The molecule has 2 N–H and O–H groups in total. The van der Waals surface area contributed by atoms with Gasteiger partial charge in [0.25, 0.3) is 5.91 Å². The van der Waals surface area contributed by atoms with Crippen molar-refractivity contribution in [2.45, 2.75) is 12.5 Å². The smallest absolute Gasteiger partial charge is 0.328 e. The first-order valence-electron chi connectivity index (χ1n) is 6.53. The normalized spacial score (nSPS) is 22.5. The van der Waals surface area contributed by atoms with Crippen LogP contribution in [-0.2, 0) is 9.59 Å². The van der Waals surface area contributed by atoms with Crippen LogP contribution in [0.25, 0.3) is 0 Å². The fourth-order valence-electron chi connectivity index (χ4n) is 2.19. The van der Waals surface area contributed by atoms with Crippen molar-refractivity contribution in [2.75, 3.05) is 0 Å². The summed E-state index contributed by atoms with van der Waals surface area (Å²) in [5.41, 5.74) is 1.51. The minimum Gasteiger partial charge on any atom is -0.480 e. The Balaban J connectivity index is 1.91. The van der Waals surface area contributed by atoms with Crippen molar-refractivity contribution in [2.24, 2.45) is 5.10 Å². The molecule has 0 aliphatic carbocycles. The number of hydrazone groups is 1. The minimum absolute atomic E-state index is 0.261. The second-order valence-corrected chi connectivity index (χ2v) is 7.46. The van der Waals surface area contributed by atoms with Gasteiger partial charge in [-0.3, -0.25) is 9.80 Å². The first-order chi connectivity index (χ1) is 10.9. The summed E-state index contributed by atoms with van der Waals surface area (Å²) in [4.78, 5) is 23.5. The van der Waals surface area contributed by atoms with Gasteiger partial charge in [0, 0.05) is 17.1 Å². The number of nitrogens with zero attached hydrogens (tertiary/aromatic N) is 2. The Morgan fingerprint density at radius 2 is 2.17 bits per heavy atom. The Morgan fingerprint density at radius 1 is 1.48 bits per heavy atom. The van der Waals surface area contributed by atoms with Crippen LogP contribution in [0.1, 0.15) is 12.0 Å². The highest BCUT2D eigenvalue weighted by Gasteiger charge is 2.34. The van der Waals surface area contributed by atoms with Crippen LogP contribution in [0, 0.1) is 0 Å². The van der Waals surface area contributed by atoms with Gasteiger partial charge in [0.15, 0.2) is 6.04 Å². The third-order valence-corrected chi connectivity index (χ3v) is 4.98. The molecule has 9 heteroatoms. The van der Waals surface area contributed by atoms with Crippen LogP contribution in [0.3, 0.4) is 0 Å². The molecule has 0 saturated carbocycles. The number of hydrogen-bond acceptors (Lipinski definition) is 6. The number of hydrogen-bond donors (Lipinski definition) is 2. The Bertz CT molecular complexity index is 761. The number of carboxylic acid groups (broad SMARTS) is 1. The fraction of sp³-hybridized carbons (Fsp3) is 0.143. The lowest BCUT2D eigenvalue weighted by atomic mass is 10.0. The molecule has 1 unspecified atom stereocenters. The first kappa shape index (κ1) is 16.2. The summed E-state index contributed by atoms with van der Waals surface area (Å²) in [6, 6.07) is 6.62. The van der Waals surface area contributed by atoms with Crippen molar-refractivity contribution < 1.29 is 14.7 Å². The summed E-state index contributed by atoms with van der Waals surface area (Å²) in [5.74, 6) is -1.33. The van der Waals surface area contributed by atoms with E-state index in [-0.39, 0.29) is 12.3 Å². The number of thioether (sulfide) groups is 1. The van der Waals surface area contributed by atoms with Crippen LogP contribution >= 0.6 is 39.9 Å². The van der Waals surface area contributed by atoms with Crippen molar-refractivity contribution >= 4 is 61.8 Å². The number of carbonyl (C=O) groups is 2. The van der Waals surface area contributed by atoms with E-state index < -0.39 is 12.0 Å². The van der Waals surface area contributed by atoms with Crippen molar-refractivity contribution in [3.63, 3.8) is 0 Å². The van der Waals surface area contributed by atoms with Gasteiger partial charge in [-0.1, -0.05) is 52.0 Å². The molecule has 1 saturated heterocycles. The third kappa shape index (κ3) is 3.46. The zero-order chi connectivity index (χ0) is 16.6. The third-order valence-electron chi connectivity index (χ3n) is 3.30. The topological polar surface area (TPSA) is 82.0 Å². The molecule has 1 aromatic carbocycles. The number of rotatable bonds is 3. The van der Waals surface area contributed by atoms with Crippen molar-refractivity contribution in [3.05, 3.63) is 45.4 Å². The molecule has 3 rings (SSSR count). The number of halogens is 1. The molecule has 0 spiro atoms. The monoisotopic (exact) mass is 411 g/mol. The molecule has 0 bridgehead atoms. The molecule has 2 aliphatic heterocycles. The molecule has 1 amide bonds. The van der Waals surface area contributed by atoms with E-state index in [1.54, 1.807) is 0 Å². The standard InChI is InChI=1S/C14H10BrN3O3S2/c15-8-3-1-7(2-4-8)9-5-10(13(20)21)18(17-9)6-11-12(19)16-14(22)23-11/h1-4,6,10H,5H2,(H,20,21)(H,16,19,22)/b11-6-. The van der Waals surface area contributed by atoms with Crippen molar-refractivity contribution in [1.82, 2.24) is 10.3 Å². The second-order valence-electron chi connectivity index (χ2n) is 4.83. The van der Waals surface area contributed by atoms with Gasteiger partial charge < -0.3 is 10.4 Å². The van der Waals surface area contributed by atoms with Crippen molar-refractivity contribution in [3.8, 4) is 0 Å². The van der Waals surface area contributed by atoms with E-state index in [1.165, 1.54) is 11.2 Å². The predicted octanol–water partition coefficient (Wildman–Crippen LogP) is 2.30.